The number of diazo groups is 1. The first-order chi connectivity index (χ1) is 15.5. The van der Waals surface area contributed by atoms with E-state index in [1.807, 2.05) is 0 Å². The van der Waals surface area contributed by atoms with Gasteiger partial charge in [0.2, 0.25) is 21.2 Å². The minimum Gasteiger partial charge on any atom is -0.501 e. The third-order valence-electron chi connectivity index (χ3n) is 4.71. The standard InChI is InChI=1S/C21H29N3O7S/c1-3-24(9-10-29-13-14-31-16-15-30-12-11-28-2)32(26,27)20-6-4-5-18-17(20)7-8-19(23-22)21(18)25/h4-8H,3,9-16H2,1-2H3/p+1. The number of benzene rings is 2. The number of phenols is 1. The van der Waals surface area contributed by atoms with E-state index in [4.69, 9.17) is 24.3 Å². The third kappa shape index (κ3) is 6.83. The Balaban J connectivity index is 1.90. The van der Waals surface area contributed by atoms with Crippen molar-refractivity contribution in [2.45, 2.75) is 11.8 Å². The van der Waals surface area contributed by atoms with Gasteiger partial charge in [0, 0.05) is 37.0 Å². The van der Waals surface area contributed by atoms with Gasteiger partial charge >= 0.3 is 5.69 Å². The summed E-state index contributed by atoms with van der Waals surface area (Å²) in [7, 11) is -2.23. The fraction of sp³-hybridized carbons (Fsp3) is 0.524. The average Bonchev–Trinajstić information content (AvgIpc) is 2.79. The average molecular weight is 469 g/mol. The molecule has 0 radical (unpaired) electrons. The van der Waals surface area contributed by atoms with Crippen LogP contribution in [-0.4, -0.2) is 84.3 Å². The van der Waals surface area contributed by atoms with E-state index in [1.54, 1.807) is 20.1 Å². The maximum atomic E-state index is 13.2. The van der Waals surface area contributed by atoms with Crippen LogP contribution in [0.15, 0.2) is 35.2 Å². The summed E-state index contributed by atoms with van der Waals surface area (Å²) < 4.78 is 48.8. The first-order valence-electron chi connectivity index (χ1n) is 10.3. The second-order valence-electron chi connectivity index (χ2n) is 6.71. The molecule has 1 N–H and O–H groups in total. The maximum Gasteiger partial charge on any atom is 0.426 e. The number of hydrogen-bond donors (Lipinski definition) is 1. The lowest BCUT2D eigenvalue weighted by Crippen LogP contribution is -2.34. The molecule has 0 unspecified atom stereocenters. The van der Waals surface area contributed by atoms with Gasteiger partial charge in [0.1, 0.15) is 0 Å². The molecule has 0 aromatic heterocycles. The Bertz CT molecular complexity index is 1010. The van der Waals surface area contributed by atoms with Crippen molar-refractivity contribution in [3.8, 4) is 5.75 Å². The number of fused-ring (bicyclic) bond motifs is 1. The molecule has 0 amide bonds. The normalized spacial score (nSPS) is 11.8. The number of rotatable bonds is 15. The van der Waals surface area contributed by atoms with Crippen molar-refractivity contribution in [2.75, 3.05) is 66.4 Å². The number of phenolic OH excluding ortho intramolecular Hbond substituents is 1. The first kappa shape index (κ1) is 25.9. The van der Waals surface area contributed by atoms with E-state index in [-0.39, 0.29) is 41.4 Å². The Morgan fingerprint density at radius 1 is 0.938 bits per heavy atom. The van der Waals surface area contributed by atoms with Gasteiger partial charge in [-0.15, -0.1) is 0 Å². The molecular formula is C21H30N3O7S+. The zero-order valence-corrected chi connectivity index (χ0v) is 19.2. The van der Waals surface area contributed by atoms with Crippen molar-refractivity contribution in [1.82, 2.24) is 4.31 Å². The Morgan fingerprint density at radius 3 is 2.16 bits per heavy atom. The molecule has 0 aliphatic carbocycles. The van der Waals surface area contributed by atoms with Gasteiger partial charge in [0.25, 0.3) is 0 Å². The Hall–Kier alpha value is -2.33. The quantitative estimate of drug-likeness (QED) is 0.313. The fourth-order valence-corrected chi connectivity index (χ4v) is 4.68. The van der Waals surface area contributed by atoms with Gasteiger partial charge in [0.15, 0.2) is 4.98 Å². The van der Waals surface area contributed by atoms with Crippen LogP contribution in [0.1, 0.15) is 6.92 Å². The number of hydrogen-bond acceptors (Lipinski definition) is 8. The molecule has 0 saturated carbocycles. The molecule has 0 spiro atoms. The smallest absolute Gasteiger partial charge is 0.426 e. The van der Waals surface area contributed by atoms with E-state index < -0.39 is 10.0 Å². The van der Waals surface area contributed by atoms with E-state index >= 15 is 0 Å². The monoisotopic (exact) mass is 468 g/mol. The zero-order chi connectivity index (χ0) is 23.4. The van der Waals surface area contributed by atoms with Crippen LogP contribution in [0.25, 0.3) is 15.7 Å². The maximum absolute atomic E-state index is 13.2. The summed E-state index contributed by atoms with van der Waals surface area (Å²) in [6.07, 6.45) is 0. The summed E-state index contributed by atoms with van der Waals surface area (Å²) in [4.78, 5) is 3.07. The summed E-state index contributed by atoms with van der Waals surface area (Å²) in [5, 5.41) is 19.8. The fourth-order valence-electron chi connectivity index (χ4n) is 3.05. The number of sulfonamides is 1. The number of methoxy groups -OCH3 is 1. The van der Waals surface area contributed by atoms with Gasteiger partial charge in [-0.2, -0.15) is 4.31 Å². The third-order valence-corrected chi connectivity index (χ3v) is 6.74. The van der Waals surface area contributed by atoms with Gasteiger partial charge in [0.05, 0.1) is 51.1 Å². The summed E-state index contributed by atoms with van der Waals surface area (Å²) in [5.41, 5.74) is -0.0310. The topological polar surface area (TPSA) is 123 Å². The second kappa shape index (κ2) is 13.3. The molecule has 0 bridgehead atoms. The van der Waals surface area contributed by atoms with Crippen molar-refractivity contribution in [3.63, 3.8) is 0 Å². The number of aromatic hydroxyl groups is 1. The lowest BCUT2D eigenvalue weighted by molar-refractivity contribution is 0.00286. The molecule has 2 aromatic carbocycles. The summed E-state index contributed by atoms with van der Waals surface area (Å²) in [6, 6.07) is 7.46. The summed E-state index contributed by atoms with van der Waals surface area (Å²) >= 11 is 0. The molecule has 176 valence electrons. The molecule has 0 heterocycles. The van der Waals surface area contributed by atoms with Crippen molar-refractivity contribution in [3.05, 3.63) is 35.3 Å². The minimum absolute atomic E-state index is 0.0310. The molecule has 0 aliphatic heterocycles. The summed E-state index contributed by atoms with van der Waals surface area (Å²) in [5.74, 6) is -0.280. The molecule has 2 rings (SSSR count). The van der Waals surface area contributed by atoms with Crippen LogP contribution in [0, 0.1) is 5.39 Å². The van der Waals surface area contributed by atoms with Crippen LogP contribution in [0.4, 0.5) is 5.69 Å². The van der Waals surface area contributed by atoms with Crippen molar-refractivity contribution in [2.24, 2.45) is 0 Å². The highest BCUT2D eigenvalue weighted by Gasteiger charge is 2.27. The molecular weight excluding hydrogens is 438 g/mol. The van der Waals surface area contributed by atoms with E-state index in [0.29, 0.717) is 45.0 Å². The number of ether oxygens (including phenoxy) is 4. The highest BCUT2D eigenvalue weighted by Crippen LogP contribution is 2.37. The van der Waals surface area contributed by atoms with Gasteiger partial charge in [-0.25, -0.2) is 8.42 Å². The number of nitrogens with zero attached hydrogens (tertiary/aromatic N) is 3. The minimum atomic E-state index is -3.84. The van der Waals surface area contributed by atoms with E-state index in [2.05, 4.69) is 4.98 Å². The van der Waals surface area contributed by atoms with Gasteiger partial charge < -0.3 is 24.1 Å². The first-order valence-corrected chi connectivity index (χ1v) is 11.7. The summed E-state index contributed by atoms with van der Waals surface area (Å²) in [6.45, 7) is 5.09. The van der Waals surface area contributed by atoms with Crippen molar-refractivity contribution < 1.29 is 32.5 Å². The van der Waals surface area contributed by atoms with Crippen LogP contribution >= 0.6 is 0 Å². The second-order valence-corrected chi connectivity index (χ2v) is 8.62. The van der Waals surface area contributed by atoms with Gasteiger partial charge in [-0.3, -0.25) is 0 Å². The Labute approximate surface area is 188 Å². The largest absolute Gasteiger partial charge is 0.501 e. The van der Waals surface area contributed by atoms with Crippen LogP contribution in [0.2, 0.25) is 0 Å². The molecule has 0 aliphatic rings. The molecule has 2 aromatic rings. The van der Waals surface area contributed by atoms with Gasteiger partial charge in [-0.05, 0) is 12.1 Å². The Morgan fingerprint density at radius 2 is 1.56 bits per heavy atom. The predicted molar refractivity (Wildman–Crippen MR) is 119 cm³/mol. The molecule has 32 heavy (non-hydrogen) atoms. The molecule has 0 fully saturated rings. The molecule has 0 saturated heterocycles. The van der Waals surface area contributed by atoms with Crippen LogP contribution in [0.5, 0.6) is 5.75 Å². The highest BCUT2D eigenvalue weighted by molar-refractivity contribution is 7.89. The lowest BCUT2D eigenvalue weighted by atomic mass is 10.1. The van der Waals surface area contributed by atoms with Crippen LogP contribution in [-0.2, 0) is 29.0 Å². The Kier molecular flexibility index (Phi) is 10.8. The lowest BCUT2D eigenvalue weighted by Gasteiger charge is -2.21. The van der Waals surface area contributed by atoms with Crippen LogP contribution < -0.4 is 0 Å². The van der Waals surface area contributed by atoms with Crippen molar-refractivity contribution in [1.29, 1.82) is 5.39 Å². The SMILES string of the molecule is CCN(CCOCCOCCOCCOC)S(=O)(=O)c1cccc2c(O)c([N+]#N)ccc12. The number of likely N-dealkylation sites (N-methyl/N-ethyl adjacent to an activating group) is 1. The van der Waals surface area contributed by atoms with Gasteiger partial charge in [-0.1, -0.05) is 19.1 Å². The van der Waals surface area contributed by atoms with Crippen molar-refractivity contribution >= 4 is 26.5 Å². The molecule has 10 nitrogen and oxygen atoms in total. The van der Waals surface area contributed by atoms with Crippen LogP contribution in [0.3, 0.4) is 0 Å². The van der Waals surface area contributed by atoms with E-state index in [9.17, 15) is 13.5 Å². The molecule has 0 atom stereocenters. The predicted octanol–water partition coefficient (Wildman–Crippen LogP) is 2.74. The van der Waals surface area contributed by atoms with E-state index in [1.165, 1.54) is 28.6 Å². The molecule has 11 heteroatoms. The highest BCUT2D eigenvalue weighted by atomic mass is 32.2. The zero-order valence-electron chi connectivity index (χ0n) is 18.4. The van der Waals surface area contributed by atoms with E-state index in [0.717, 1.165) is 0 Å².